The third kappa shape index (κ3) is 4.03. The van der Waals surface area contributed by atoms with Crippen molar-refractivity contribution < 1.29 is 0 Å². The van der Waals surface area contributed by atoms with E-state index in [-0.39, 0.29) is 0 Å². The van der Waals surface area contributed by atoms with Gasteiger partial charge in [-0.25, -0.2) is 0 Å². The number of hydrogen-bond donors (Lipinski definition) is 0. The quantitative estimate of drug-likeness (QED) is 0.516. The highest BCUT2D eigenvalue weighted by Crippen LogP contribution is 2.20. The maximum atomic E-state index is 4.19. The fourth-order valence-electron chi connectivity index (χ4n) is 1.61. The van der Waals surface area contributed by atoms with E-state index in [2.05, 4.69) is 49.2 Å². The average Bonchev–Trinajstić information content (AvgIpc) is 2.34. The standard InChI is InChI=1S/C16H21N/c1-5-7-16(12-17-6-2)15-10-8-14(9-11-15)13(3)4/h5-13H,1-4H3/b7-5-,16-12+,17-6-. The normalized spacial score (nSPS) is 13.1. The van der Waals surface area contributed by atoms with E-state index in [4.69, 9.17) is 0 Å². The number of nitrogens with zero attached hydrogens (tertiary/aromatic N) is 1. The van der Waals surface area contributed by atoms with Gasteiger partial charge in [0.05, 0.1) is 0 Å². The second kappa shape index (κ2) is 6.85. The summed E-state index contributed by atoms with van der Waals surface area (Å²) in [5.41, 5.74) is 3.71. The maximum Gasteiger partial charge on any atom is 0.0342 e. The molecule has 0 unspecified atom stereocenters. The Bertz CT molecular complexity index is 419. The second-order valence-corrected chi connectivity index (χ2v) is 4.27. The van der Waals surface area contributed by atoms with Crippen molar-refractivity contribution in [2.75, 3.05) is 0 Å². The van der Waals surface area contributed by atoms with Gasteiger partial charge in [0.15, 0.2) is 0 Å². The van der Waals surface area contributed by atoms with Crippen molar-refractivity contribution in [1.29, 1.82) is 0 Å². The largest absolute Gasteiger partial charge is 0.269 e. The fraction of sp³-hybridized carbons (Fsp3) is 0.312. The number of benzene rings is 1. The van der Waals surface area contributed by atoms with E-state index < -0.39 is 0 Å². The van der Waals surface area contributed by atoms with E-state index in [1.165, 1.54) is 11.1 Å². The van der Waals surface area contributed by atoms with Crippen LogP contribution in [0.3, 0.4) is 0 Å². The van der Waals surface area contributed by atoms with Crippen molar-refractivity contribution in [2.45, 2.75) is 33.6 Å². The molecule has 0 atom stereocenters. The average molecular weight is 227 g/mol. The zero-order chi connectivity index (χ0) is 12.7. The van der Waals surface area contributed by atoms with E-state index in [0.717, 1.165) is 5.57 Å². The summed E-state index contributed by atoms with van der Waals surface area (Å²) in [6.45, 7) is 8.36. The molecule has 0 aliphatic rings. The Hall–Kier alpha value is -1.63. The van der Waals surface area contributed by atoms with Crippen LogP contribution in [0, 0.1) is 0 Å². The van der Waals surface area contributed by atoms with Gasteiger partial charge in [-0.05, 0) is 36.5 Å². The summed E-state index contributed by atoms with van der Waals surface area (Å²) in [5.74, 6) is 0.576. The van der Waals surface area contributed by atoms with Gasteiger partial charge in [0, 0.05) is 12.4 Å². The van der Waals surface area contributed by atoms with Crippen LogP contribution in [0.1, 0.15) is 44.7 Å². The predicted molar refractivity (Wildman–Crippen MR) is 77.5 cm³/mol. The minimum Gasteiger partial charge on any atom is -0.269 e. The van der Waals surface area contributed by atoms with Crippen molar-refractivity contribution in [1.82, 2.24) is 0 Å². The lowest BCUT2D eigenvalue weighted by Gasteiger charge is -2.07. The first kappa shape index (κ1) is 13.4. The summed E-state index contributed by atoms with van der Waals surface area (Å²) in [6.07, 6.45) is 7.81. The van der Waals surface area contributed by atoms with Crippen LogP contribution in [0.25, 0.3) is 5.57 Å². The molecule has 1 aromatic carbocycles. The highest BCUT2D eigenvalue weighted by molar-refractivity contribution is 5.75. The van der Waals surface area contributed by atoms with Crippen molar-refractivity contribution >= 4 is 11.8 Å². The van der Waals surface area contributed by atoms with Gasteiger partial charge >= 0.3 is 0 Å². The van der Waals surface area contributed by atoms with Gasteiger partial charge in [0.25, 0.3) is 0 Å². The van der Waals surface area contributed by atoms with Crippen LogP contribution >= 0.6 is 0 Å². The van der Waals surface area contributed by atoms with Crippen LogP contribution < -0.4 is 0 Å². The highest BCUT2D eigenvalue weighted by atomic mass is 14.7. The summed E-state index contributed by atoms with van der Waals surface area (Å²) < 4.78 is 0. The van der Waals surface area contributed by atoms with Gasteiger partial charge in [-0.1, -0.05) is 50.3 Å². The zero-order valence-corrected chi connectivity index (χ0v) is 11.1. The van der Waals surface area contributed by atoms with E-state index in [0.29, 0.717) is 5.92 Å². The molecule has 0 fully saturated rings. The molecule has 1 rings (SSSR count). The van der Waals surface area contributed by atoms with Crippen LogP contribution in [0.15, 0.2) is 47.6 Å². The third-order valence-corrected chi connectivity index (χ3v) is 2.62. The Labute approximate surface area is 105 Å². The Kier molecular flexibility index (Phi) is 5.41. The molecule has 0 saturated carbocycles. The zero-order valence-electron chi connectivity index (χ0n) is 11.1. The van der Waals surface area contributed by atoms with Crippen LogP contribution in [-0.4, -0.2) is 6.21 Å². The molecule has 1 aromatic rings. The number of aliphatic imine (C=N–C) groups is 1. The molecule has 0 saturated heterocycles. The monoisotopic (exact) mass is 227 g/mol. The van der Waals surface area contributed by atoms with Crippen molar-refractivity contribution in [3.8, 4) is 0 Å². The molecule has 0 radical (unpaired) electrons. The fourth-order valence-corrected chi connectivity index (χ4v) is 1.61. The lowest BCUT2D eigenvalue weighted by molar-refractivity contribution is 0.866. The lowest BCUT2D eigenvalue weighted by atomic mass is 9.99. The molecule has 1 heteroatoms. The topological polar surface area (TPSA) is 12.4 Å². The molecule has 0 aliphatic carbocycles. The second-order valence-electron chi connectivity index (χ2n) is 4.27. The summed E-state index contributed by atoms with van der Waals surface area (Å²) in [5, 5.41) is 0. The molecule has 0 aliphatic heterocycles. The molecule has 0 bridgehead atoms. The smallest absolute Gasteiger partial charge is 0.0342 e. The number of rotatable bonds is 4. The van der Waals surface area contributed by atoms with Gasteiger partial charge in [-0.3, -0.25) is 4.99 Å². The van der Waals surface area contributed by atoms with E-state index >= 15 is 0 Å². The van der Waals surface area contributed by atoms with Crippen molar-refractivity contribution in [3.63, 3.8) is 0 Å². The van der Waals surface area contributed by atoms with Gasteiger partial charge in [-0.15, -0.1) is 0 Å². The molecule has 0 aromatic heterocycles. The van der Waals surface area contributed by atoms with E-state index in [9.17, 15) is 0 Å². The van der Waals surface area contributed by atoms with Gasteiger partial charge in [0.2, 0.25) is 0 Å². The van der Waals surface area contributed by atoms with Crippen LogP contribution in [0.5, 0.6) is 0 Å². The minimum atomic E-state index is 0.576. The molecular formula is C16H21N. The molecule has 90 valence electrons. The van der Waals surface area contributed by atoms with Crippen LogP contribution in [-0.2, 0) is 0 Å². The lowest BCUT2D eigenvalue weighted by Crippen LogP contribution is -1.88. The maximum absolute atomic E-state index is 4.19. The summed E-state index contributed by atoms with van der Waals surface area (Å²) >= 11 is 0. The Morgan fingerprint density at radius 1 is 1.12 bits per heavy atom. The molecule has 0 amide bonds. The highest BCUT2D eigenvalue weighted by Gasteiger charge is 2.00. The molecule has 0 heterocycles. The van der Waals surface area contributed by atoms with E-state index in [1.54, 1.807) is 6.21 Å². The summed E-state index contributed by atoms with van der Waals surface area (Å²) in [4.78, 5) is 4.19. The van der Waals surface area contributed by atoms with Crippen LogP contribution in [0.4, 0.5) is 0 Å². The van der Waals surface area contributed by atoms with Crippen molar-refractivity contribution in [3.05, 3.63) is 53.7 Å². The molecule has 0 spiro atoms. The first-order valence-electron chi connectivity index (χ1n) is 6.10. The first-order valence-corrected chi connectivity index (χ1v) is 6.10. The van der Waals surface area contributed by atoms with Crippen LogP contribution in [0.2, 0.25) is 0 Å². The number of allylic oxidation sites excluding steroid dienone is 3. The first-order chi connectivity index (χ1) is 8.19. The Morgan fingerprint density at radius 2 is 1.76 bits per heavy atom. The summed E-state index contributed by atoms with van der Waals surface area (Å²) in [7, 11) is 0. The summed E-state index contributed by atoms with van der Waals surface area (Å²) in [6, 6.07) is 8.69. The molecule has 17 heavy (non-hydrogen) atoms. The van der Waals surface area contributed by atoms with Crippen molar-refractivity contribution in [2.24, 2.45) is 4.99 Å². The molecular weight excluding hydrogens is 206 g/mol. The van der Waals surface area contributed by atoms with E-state index in [1.807, 2.05) is 26.1 Å². The number of hydrogen-bond acceptors (Lipinski definition) is 1. The predicted octanol–water partition coefficient (Wildman–Crippen LogP) is 4.82. The van der Waals surface area contributed by atoms with Gasteiger partial charge < -0.3 is 0 Å². The minimum absolute atomic E-state index is 0.576. The Balaban J connectivity index is 3.03. The molecule has 0 N–H and O–H groups in total. The Morgan fingerprint density at radius 3 is 2.24 bits per heavy atom. The van der Waals surface area contributed by atoms with Gasteiger partial charge in [0.1, 0.15) is 0 Å². The van der Waals surface area contributed by atoms with Gasteiger partial charge in [-0.2, -0.15) is 0 Å². The molecule has 1 nitrogen and oxygen atoms in total. The third-order valence-electron chi connectivity index (χ3n) is 2.62. The SMILES string of the molecule is C\C=C/C(=C\N=C/C)c1ccc(C(C)C)cc1.